The highest BCUT2D eigenvalue weighted by atomic mass is 32.2. The fraction of sp³-hybridized carbons (Fsp3) is 0.875. The van der Waals surface area contributed by atoms with Crippen LogP contribution in [-0.4, -0.2) is 19.7 Å². The fourth-order valence-electron chi connectivity index (χ4n) is 1.22. The van der Waals surface area contributed by atoms with Crippen LogP contribution in [0.1, 0.15) is 33.6 Å². The van der Waals surface area contributed by atoms with Crippen molar-refractivity contribution >= 4 is 10.0 Å². The third kappa shape index (κ3) is 5.61. The molecule has 0 unspecified atom stereocenters. The third-order valence-electron chi connectivity index (χ3n) is 1.56. The van der Waals surface area contributed by atoms with E-state index < -0.39 is 21.3 Å². The average molecular weight is 204 g/mol. The van der Waals surface area contributed by atoms with Crippen molar-refractivity contribution in [3.8, 4) is 6.07 Å². The SMILES string of the molecule is CCCC(C)(C)NS(=O)(=O)CC#N. The van der Waals surface area contributed by atoms with Crippen LogP contribution in [0.25, 0.3) is 0 Å². The van der Waals surface area contributed by atoms with E-state index in [-0.39, 0.29) is 0 Å². The summed E-state index contributed by atoms with van der Waals surface area (Å²) in [5.74, 6) is -0.472. The van der Waals surface area contributed by atoms with Gasteiger partial charge in [0.2, 0.25) is 10.0 Å². The van der Waals surface area contributed by atoms with E-state index >= 15 is 0 Å². The first-order valence-electron chi connectivity index (χ1n) is 4.21. The normalized spacial score (nSPS) is 12.5. The summed E-state index contributed by atoms with van der Waals surface area (Å²) in [5, 5.41) is 8.26. The molecule has 0 amide bonds. The minimum absolute atomic E-state index is 0.454. The Bertz CT molecular complexity index is 288. The molecule has 0 aromatic heterocycles. The Morgan fingerprint density at radius 1 is 1.46 bits per heavy atom. The van der Waals surface area contributed by atoms with Gasteiger partial charge in [-0.25, -0.2) is 13.1 Å². The molecular weight excluding hydrogens is 188 g/mol. The van der Waals surface area contributed by atoms with E-state index in [2.05, 4.69) is 4.72 Å². The van der Waals surface area contributed by atoms with Gasteiger partial charge in [-0.1, -0.05) is 13.3 Å². The molecule has 0 fully saturated rings. The van der Waals surface area contributed by atoms with Crippen LogP contribution in [0, 0.1) is 11.3 Å². The summed E-state index contributed by atoms with van der Waals surface area (Å²) >= 11 is 0. The van der Waals surface area contributed by atoms with Gasteiger partial charge in [-0.05, 0) is 20.3 Å². The molecule has 76 valence electrons. The van der Waals surface area contributed by atoms with Gasteiger partial charge in [-0.15, -0.1) is 0 Å². The van der Waals surface area contributed by atoms with E-state index in [1.165, 1.54) is 0 Å². The van der Waals surface area contributed by atoms with Crippen LogP contribution in [0.5, 0.6) is 0 Å². The molecule has 5 heteroatoms. The summed E-state index contributed by atoms with van der Waals surface area (Å²) in [4.78, 5) is 0. The molecule has 0 aliphatic heterocycles. The van der Waals surface area contributed by atoms with Crippen molar-refractivity contribution in [2.45, 2.75) is 39.2 Å². The van der Waals surface area contributed by atoms with Crippen LogP contribution in [0.3, 0.4) is 0 Å². The first-order chi connectivity index (χ1) is 5.83. The Balaban J connectivity index is 4.36. The van der Waals surface area contributed by atoms with E-state index in [1.54, 1.807) is 6.07 Å². The van der Waals surface area contributed by atoms with Gasteiger partial charge in [0.15, 0.2) is 5.75 Å². The number of hydrogen-bond acceptors (Lipinski definition) is 3. The fourth-order valence-corrected chi connectivity index (χ4v) is 2.40. The molecule has 0 aromatic carbocycles. The molecule has 0 radical (unpaired) electrons. The number of nitrogens with zero attached hydrogens (tertiary/aromatic N) is 1. The van der Waals surface area contributed by atoms with E-state index in [0.29, 0.717) is 0 Å². The van der Waals surface area contributed by atoms with E-state index in [1.807, 2.05) is 20.8 Å². The van der Waals surface area contributed by atoms with Crippen LogP contribution >= 0.6 is 0 Å². The van der Waals surface area contributed by atoms with Crippen LogP contribution < -0.4 is 4.72 Å². The zero-order valence-corrected chi connectivity index (χ0v) is 9.11. The topological polar surface area (TPSA) is 70.0 Å². The van der Waals surface area contributed by atoms with Gasteiger partial charge in [0, 0.05) is 5.54 Å². The molecule has 4 nitrogen and oxygen atoms in total. The zero-order chi connectivity index (χ0) is 10.5. The monoisotopic (exact) mass is 204 g/mol. The molecule has 0 saturated heterocycles. The molecular formula is C8H16N2O2S. The lowest BCUT2D eigenvalue weighted by molar-refractivity contribution is 0.418. The van der Waals surface area contributed by atoms with Crippen LogP contribution in [0.2, 0.25) is 0 Å². The molecule has 0 saturated carbocycles. The summed E-state index contributed by atoms with van der Waals surface area (Å²) in [6.45, 7) is 5.61. The molecule has 0 rings (SSSR count). The van der Waals surface area contributed by atoms with Crippen LogP contribution in [-0.2, 0) is 10.0 Å². The average Bonchev–Trinajstić information content (AvgIpc) is 1.82. The summed E-state index contributed by atoms with van der Waals surface area (Å²) in [6.07, 6.45) is 1.67. The van der Waals surface area contributed by atoms with Crippen molar-refractivity contribution in [1.29, 1.82) is 5.26 Å². The lowest BCUT2D eigenvalue weighted by Gasteiger charge is -2.24. The number of nitrogens with one attached hydrogen (secondary N) is 1. The highest BCUT2D eigenvalue weighted by Crippen LogP contribution is 2.11. The van der Waals surface area contributed by atoms with Gasteiger partial charge < -0.3 is 0 Å². The van der Waals surface area contributed by atoms with Crippen molar-refractivity contribution in [1.82, 2.24) is 4.72 Å². The maximum Gasteiger partial charge on any atom is 0.225 e. The number of rotatable bonds is 5. The summed E-state index contributed by atoms with van der Waals surface area (Å²) in [6, 6.07) is 1.62. The molecule has 0 aliphatic carbocycles. The number of nitriles is 1. The molecule has 0 aliphatic rings. The summed E-state index contributed by atoms with van der Waals surface area (Å²) in [5.41, 5.74) is -0.454. The second-order valence-electron chi connectivity index (χ2n) is 3.65. The first-order valence-corrected chi connectivity index (χ1v) is 5.87. The van der Waals surface area contributed by atoms with E-state index in [0.717, 1.165) is 12.8 Å². The Morgan fingerprint density at radius 2 is 2.00 bits per heavy atom. The third-order valence-corrected chi connectivity index (χ3v) is 2.93. The van der Waals surface area contributed by atoms with Gasteiger partial charge in [-0.3, -0.25) is 0 Å². The van der Waals surface area contributed by atoms with Gasteiger partial charge in [0.25, 0.3) is 0 Å². The van der Waals surface area contributed by atoms with E-state index in [4.69, 9.17) is 5.26 Å². The second kappa shape index (κ2) is 4.58. The predicted molar refractivity (Wildman–Crippen MR) is 51.5 cm³/mol. The predicted octanol–water partition coefficient (Wildman–Crippen LogP) is 1.01. The lowest BCUT2D eigenvalue weighted by Crippen LogP contribution is -2.44. The molecule has 0 heterocycles. The lowest BCUT2D eigenvalue weighted by atomic mass is 10.0. The molecule has 0 aromatic rings. The minimum Gasteiger partial charge on any atom is -0.211 e. The van der Waals surface area contributed by atoms with Crippen molar-refractivity contribution in [2.24, 2.45) is 0 Å². The van der Waals surface area contributed by atoms with Gasteiger partial charge >= 0.3 is 0 Å². The smallest absolute Gasteiger partial charge is 0.211 e. The first kappa shape index (κ1) is 12.4. The molecule has 0 atom stereocenters. The Morgan fingerprint density at radius 3 is 2.38 bits per heavy atom. The van der Waals surface area contributed by atoms with E-state index in [9.17, 15) is 8.42 Å². The highest BCUT2D eigenvalue weighted by Gasteiger charge is 2.23. The Kier molecular flexibility index (Phi) is 4.37. The highest BCUT2D eigenvalue weighted by molar-refractivity contribution is 7.89. The number of hydrogen-bond donors (Lipinski definition) is 1. The van der Waals surface area contributed by atoms with Gasteiger partial charge in [-0.2, -0.15) is 5.26 Å². The molecule has 0 spiro atoms. The van der Waals surface area contributed by atoms with Crippen LogP contribution in [0.15, 0.2) is 0 Å². The Hall–Kier alpha value is -0.600. The second-order valence-corrected chi connectivity index (χ2v) is 5.38. The summed E-state index contributed by atoms with van der Waals surface area (Å²) in [7, 11) is -3.42. The van der Waals surface area contributed by atoms with Gasteiger partial charge in [0.05, 0.1) is 6.07 Å². The van der Waals surface area contributed by atoms with Crippen molar-refractivity contribution in [3.63, 3.8) is 0 Å². The largest absolute Gasteiger partial charge is 0.225 e. The van der Waals surface area contributed by atoms with Crippen LogP contribution in [0.4, 0.5) is 0 Å². The van der Waals surface area contributed by atoms with Gasteiger partial charge in [0.1, 0.15) is 0 Å². The maximum absolute atomic E-state index is 11.2. The summed E-state index contributed by atoms with van der Waals surface area (Å²) < 4.78 is 24.9. The standard InChI is InChI=1S/C8H16N2O2S/c1-4-5-8(2,3)10-13(11,12)7-6-9/h10H,4-5,7H2,1-3H3. The van der Waals surface area contributed by atoms with Crippen molar-refractivity contribution in [2.75, 3.05) is 5.75 Å². The number of sulfonamides is 1. The molecule has 13 heavy (non-hydrogen) atoms. The van der Waals surface area contributed by atoms with Crippen molar-refractivity contribution < 1.29 is 8.42 Å². The quantitative estimate of drug-likeness (QED) is 0.726. The minimum atomic E-state index is -3.42. The Labute approximate surface area is 80.0 Å². The maximum atomic E-state index is 11.2. The zero-order valence-electron chi connectivity index (χ0n) is 8.29. The van der Waals surface area contributed by atoms with Crippen molar-refractivity contribution in [3.05, 3.63) is 0 Å². The molecule has 0 bridgehead atoms. The molecule has 1 N–H and O–H groups in total.